The van der Waals surface area contributed by atoms with Crippen LogP contribution in [0.1, 0.15) is 31.0 Å². The minimum absolute atomic E-state index is 0.274. The number of carbonyl (C=O) groups excluding carboxylic acids is 1. The quantitative estimate of drug-likeness (QED) is 0.794. The van der Waals surface area contributed by atoms with Crippen molar-refractivity contribution in [3.8, 4) is 0 Å². The monoisotopic (exact) mass is 287 g/mol. The van der Waals surface area contributed by atoms with Gasteiger partial charge in [0, 0.05) is 24.8 Å². The van der Waals surface area contributed by atoms with E-state index in [1.54, 1.807) is 10.9 Å². The lowest BCUT2D eigenvalue weighted by Crippen LogP contribution is -2.29. The third kappa shape index (κ3) is 4.16. The van der Waals surface area contributed by atoms with E-state index in [1.165, 1.54) is 0 Å². The van der Waals surface area contributed by atoms with Crippen molar-refractivity contribution < 1.29 is 9.53 Å². The van der Waals surface area contributed by atoms with Crippen LogP contribution >= 0.6 is 0 Å². The highest BCUT2D eigenvalue weighted by molar-refractivity contribution is 5.77. The first-order valence-electron chi connectivity index (χ1n) is 7.20. The van der Waals surface area contributed by atoms with Crippen molar-refractivity contribution in [1.29, 1.82) is 0 Å². The number of hydrogen-bond donors (Lipinski definition) is 1. The van der Waals surface area contributed by atoms with E-state index in [4.69, 9.17) is 4.74 Å². The molecule has 0 saturated heterocycles. The Bertz CT molecular complexity index is 566. The van der Waals surface area contributed by atoms with E-state index in [9.17, 15) is 4.79 Å². The molecule has 2 rings (SSSR count). The molecule has 21 heavy (non-hydrogen) atoms. The van der Waals surface area contributed by atoms with Crippen LogP contribution in [0.3, 0.4) is 0 Å². The Morgan fingerprint density at radius 3 is 2.71 bits per heavy atom. The maximum Gasteiger partial charge on any atom is 0.327 e. The average Bonchev–Trinajstić information content (AvgIpc) is 2.98. The first-order valence-corrected chi connectivity index (χ1v) is 7.20. The molecule has 1 N–H and O–H groups in total. The summed E-state index contributed by atoms with van der Waals surface area (Å²) in [6.45, 7) is 5.55. The molecular weight excluding hydrogens is 266 g/mol. The summed E-state index contributed by atoms with van der Waals surface area (Å²) >= 11 is 0. The molecule has 1 heterocycles. The first kappa shape index (κ1) is 15.3. The number of aryl methyl sites for hydroxylation is 1. The molecule has 0 radical (unpaired) electrons. The fraction of sp³-hybridized carbons (Fsp3) is 0.375. The molecule has 0 aliphatic carbocycles. The summed E-state index contributed by atoms with van der Waals surface area (Å²) in [5.74, 6) is -0.274. The minimum atomic E-state index is -0.495. The van der Waals surface area contributed by atoms with E-state index in [-0.39, 0.29) is 5.97 Å². The van der Waals surface area contributed by atoms with Crippen molar-refractivity contribution in [3.63, 3.8) is 0 Å². The molecule has 1 unspecified atom stereocenters. The third-order valence-electron chi connectivity index (χ3n) is 3.19. The van der Waals surface area contributed by atoms with Gasteiger partial charge in [-0.15, -0.1) is 0 Å². The molecule has 1 aromatic heterocycles. The molecule has 112 valence electrons. The summed E-state index contributed by atoms with van der Waals surface area (Å²) < 4.78 is 6.95. The van der Waals surface area contributed by atoms with Crippen LogP contribution < -0.4 is 5.32 Å². The van der Waals surface area contributed by atoms with Gasteiger partial charge >= 0.3 is 5.97 Å². The molecule has 0 aliphatic heterocycles. The Kier molecular flexibility index (Phi) is 5.51. The highest BCUT2D eigenvalue weighted by Gasteiger charge is 2.22. The number of nitrogens with zero attached hydrogens (tertiary/aromatic N) is 2. The van der Waals surface area contributed by atoms with Gasteiger partial charge < -0.3 is 4.74 Å². The highest BCUT2D eigenvalue weighted by Crippen LogP contribution is 2.15. The zero-order valence-electron chi connectivity index (χ0n) is 12.5. The molecule has 0 amide bonds. The number of carbonyl (C=O) groups is 1. The van der Waals surface area contributed by atoms with Crippen molar-refractivity contribution in [3.05, 3.63) is 53.9 Å². The van der Waals surface area contributed by atoms with Crippen LogP contribution in [0.15, 0.2) is 42.7 Å². The molecule has 5 nitrogen and oxygen atoms in total. The largest absolute Gasteiger partial charge is 0.465 e. The van der Waals surface area contributed by atoms with Crippen molar-refractivity contribution in [1.82, 2.24) is 15.1 Å². The molecule has 1 atom stereocenters. The Morgan fingerprint density at radius 1 is 1.33 bits per heavy atom. The molecule has 0 fully saturated rings. The molecule has 0 spiro atoms. The standard InChI is InChI=1S/C16H21N3O2/c1-3-19-12-14(11-18-19)15(16(20)21-4-2)17-10-13-8-6-5-7-9-13/h5-9,11-12,15,17H,3-4,10H2,1-2H3. The van der Waals surface area contributed by atoms with Crippen LogP contribution in [0.2, 0.25) is 0 Å². The molecule has 5 heteroatoms. The van der Waals surface area contributed by atoms with Crippen molar-refractivity contribution in [2.45, 2.75) is 33.0 Å². The van der Waals surface area contributed by atoms with Gasteiger partial charge in [0.2, 0.25) is 0 Å². The highest BCUT2D eigenvalue weighted by atomic mass is 16.5. The number of ether oxygens (including phenoxy) is 1. The molecule has 2 aromatic rings. The predicted octanol–water partition coefficient (Wildman–Crippen LogP) is 2.30. The Labute approximate surface area is 124 Å². The Balaban J connectivity index is 2.10. The van der Waals surface area contributed by atoms with Crippen molar-refractivity contribution >= 4 is 5.97 Å². The lowest BCUT2D eigenvalue weighted by atomic mass is 10.1. The maximum absolute atomic E-state index is 12.1. The molecule has 0 aliphatic rings. The normalized spacial score (nSPS) is 12.1. The van der Waals surface area contributed by atoms with Gasteiger partial charge in [-0.25, -0.2) is 4.79 Å². The second-order valence-electron chi connectivity index (χ2n) is 4.68. The van der Waals surface area contributed by atoms with Crippen molar-refractivity contribution in [2.75, 3.05) is 6.61 Å². The number of benzene rings is 1. The number of esters is 1. The summed E-state index contributed by atoms with van der Waals surface area (Å²) in [6, 6.07) is 9.47. The van der Waals surface area contributed by atoms with Crippen LogP contribution in [-0.4, -0.2) is 22.4 Å². The number of hydrogen-bond acceptors (Lipinski definition) is 4. The van der Waals surface area contributed by atoms with E-state index < -0.39 is 6.04 Å². The fourth-order valence-corrected chi connectivity index (χ4v) is 2.08. The molecule has 0 bridgehead atoms. The lowest BCUT2D eigenvalue weighted by molar-refractivity contribution is -0.145. The summed E-state index contributed by atoms with van der Waals surface area (Å²) in [7, 11) is 0. The maximum atomic E-state index is 12.1. The van der Waals surface area contributed by atoms with E-state index in [0.29, 0.717) is 13.2 Å². The molecule has 0 saturated carbocycles. The van der Waals surface area contributed by atoms with Crippen LogP contribution in [0, 0.1) is 0 Å². The van der Waals surface area contributed by atoms with Gasteiger partial charge in [0.05, 0.1) is 12.8 Å². The van der Waals surface area contributed by atoms with Gasteiger partial charge in [0.1, 0.15) is 6.04 Å². The molecular formula is C16H21N3O2. The number of rotatable bonds is 7. The average molecular weight is 287 g/mol. The fourth-order valence-electron chi connectivity index (χ4n) is 2.08. The topological polar surface area (TPSA) is 56.1 Å². The van der Waals surface area contributed by atoms with Gasteiger partial charge in [-0.3, -0.25) is 10.00 Å². The zero-order chi connectivity index (χ0) is 15.1. The van der Waals surface area contributed by atoms with Crippen molar-refractivity contribution in [2.24, 2.45) is 0 Å². The van der Waals surface area contributed by atoms with Gasteiger partial charge in [0.25, 0.3) is 0 Å². The summed E-state index contributed by atoms with van der Waals surface area (Å²) in [6.07, 6.45) is 3.59. The second-order valence-corrected chi connectivity index (χ2v) is 4.68. The Morgan fingerprint density at radius 2 is 2.10 bits per heavy atom. The smallest absolute Gasteiger partial charge is 0.327 e. The third-order valence-corrected chi connectivity index (χ3v) is 3.19. The van der Waals surface area contributed by atoms with Crippen LogP contribution in [0.4, 0.5) is 0 Å². The summed E-state index contributed by atoms with van der Waals surface area (Å²) in [5.41, 5.74) is 1.95. The summed E-state index contributed by atoms with van der Waals surface area (Å²) in [4.78, 5) is 12.1. The van der Waals surface area contributed by atoms with Crippen LogP contribution in [0.25, 0.3) is 0 Å². The molecule has 1 aromatic carbocycles. The number of nitrogens with one attached hydrogen (secondary N) is 1. The van der Waals surface area contributed by atoms with E-state index in [0.717, 1.165) is 17.7 Å². The number of aromatic nitrogens is 2. The minimum Gasteiger partial charge on any atom is -0.465 e. The zero-order valence-corrected chi connectivity index (χ0v) is 12.5. The first-order chi connectivity index (χ1) is 10.2. The van der Waals surface area contributed by atoms with Gasteiger partial charge in [0.15, 0.2) is 0 Å². The van der Waals surface area contributed by atoms with Crippen LogP contribution in [0.5, 0.6) is 0 Å². The second kappa shape index (κ2) is 7.59. The summed E-state index contributed by atoms with van der Waals surface area (Å²) in [5, 5.41) is 7.47. The van der Waals surface area contributed by atoms with Crippen LogP contribution in [-0.2, 0) is 22.6 Å². The predicted molar refractivity (Wildman–Crippen MR) is 80.6 cm³/mol. The SMILES string of the molecule is CCOC(=O)C(NCc1ccccc1)c1cnn(CC)c1. The van der Waals surface area contributed by atoms with Gasteiger partial charge in [-0.05, 0) is 19.4 Å². The van der Waals surface area contributed by atoms with E-state index >= 15 is 0 Å². The van der Waals surface area contributed by atoms with Gasteiger partial charge in [-0.1, -0.05) is 30.3 Å². The van der Waals surface area contributed by atoms with E-state index in [2.05, 4.69) is 10.4 Å². The lowest BCUT2D eigenvalue weighted by Gasteiger charge is -2.16. The van der Waals surface area contributed by atoms with E-state index in [1.807, 2.05) is 50.4 Å². The Hall–Kier alpha value is -2.14. The van der Waals surface area contributed by atoms with Gasteiger partial charge in [-0.2, -0.15) is 5.10 Å².